The van der Waals surface area contributed by atoms with Crippen LogP contribution in [0.1, 0.15) is 20.7 Å². The van der Waals surface area contributed by atoms with Gasteiger partial charge < -0.3 is 15.1 Å². The molecule has 0 spiro atoms. The molecule has 3 aromatic rings. The predicted molar refractivity (Wildman–Crippen MR) is 129 cm³/mol. The first-order chi connectivity index (χ1) is 16.0. The Hall–Kier alpha value is -3.58. The number of hydrogen-bond acceptors (Lipinski definition) is 4. The number of rotatable bonds is 3. The van der Waals surface area contributed by atoms with E-state index in [1.54, 1.807) is 39.8 Å². The number of piperazine rings is 1. The minimum Gasteiger partial charge on any atom is -0.334 e. The van der Waals surface area contributed by atoms with E-state index in [9.17, 15) is 14.4 Å². The number of thioether (sulfide) groups is 1. The Bertz CT molecular complexity index is 1230. The maximum atomic E-state index is 13.5. The topological polar surface area (TPSA) is 69.7 Å². The summed E-state index contributed by atoms with van der Waals surface area (Å²) in [6, 6.07) is 22.0. The van der Waals surface area contributed by atoms with E-state index in [1.807, 2.05) is 60.9 Å². The highest BCUT2D eigenvalue weighted by Crippen LogP contribution is 2.31. The van der Waals surface area contributed by atoms with Crippen molar-refractivity contribution < 1.29 is 14.4 Å². The van der Waals surface area contributed by atoms with Gasteiger partial charge in [-0.3, -0.25) is 14.4 Å². The molecule has 166 valence electrons. The maximum Gasteiger partial charge on any atom is 0.256 e. The molecule has 6 nitrogen and oxygen atoms in total. The van der Waals surface area contributed by atoms with Crippen molar-refractivity contribution in [1.29, 1.82) is 0 Å². The number of carbonyl (C=O) groups excluding carboxylic acids is 3. The fourth-order valence-electron chi connectivity index (χ4n) is 4.36. The van der Waals surface area contributed by atoms with Gasteiger partial charge in [-0.1, -0.05) is 36.4 Å². The smallest absolute Gasteiger partial charge is 0.256 e. The standard InChI is InChI=1S/C26H23N3O3S/c1-33-20-10-7-17(8-11-20)19-9-12-22-21(15-19)26(32)29-14-13-28(16-23(29)24(30)27-22)25(31)18-5-3-2-4-6-18/h2-12,15,23H,13-14,16H2,1H3,(H,27,30). The highest BCUT2D eigenvalue weighted by molar-refractivity contribution is 7.98. The summed E-state index contributed by atoms with van der Waals surface area (Å²) in [5, 5.41) is 2.91. The summed E-state index contributed by atoms with van der Waals surface area (Å²) < 4.78 is 0. The SMILES string of the molecule is CSc1ccc(-c2ccc3c(c2)C(=O)N2CCN(C(=O)c4ccccc4)CC2C(=O)N3)cc1. The van der Waals surface area contributed by atoms with Gasteiger partial charge in [-0.2, -0.15) is 0 Å². The fraction of sp³-hybridized carbons (Fsp3) is 0.192. The molecule has 0 aromatic heterocycles. The summed E-state index contributed by atoms with van der Waals surface area (Å²) >= 11 is 1.68. The van der Waals surface area contributed by atoms with E-state index in [4.69, 9.17) is 0 Å². The zero-order valence-electron chi connectivity index (χ0n) is 18.2. The van der Waals surface area contributed by atoms with Crippen LogP contribution in [0.25, 0.3) is 11.1 Å². The summed E-state index contributed by atoms with van der Waals surface area (Å²) in [4.78, 5) is 43.8. The molecule has 2 heterocycles. The zero-order chi connectivity index (χ0) is 22.9. The van der Waals surface area contributed by atoms with Gasteiger partial charge in [-0.25, -0.2) is 0 Å². The van der Waals surface area contributed by atoms with Gasteiger partial charge in [0.1, 0.15) is 6.04 Å². The predicted octanol–water partition coefficient (Wildman–Crippen LogP) is 3.99. The molecular formula is C26H23N3O3S. The Kier molecular flexibility index (Phi) is 5.64. The third-order valence-electron chi connectivity index (χ3n) is 6.18. The van der Waals surface area contributed by atoms with Crippen molar-refractivity contribution in [1.82, 2.24) is 9.80 Å². The first-order valence-corrected chi connectivity index (χ1v) is 12.0. The number of anilines is 1. The van der Waals surface area contributed by atoms with Gasteiger partial charge in [0, 0.05) is 23.5 Å². The van der Waals surface area contributed by atoms with Crippen LogP contribution in [0.15, 0.2) is 77.7 Å². The minimum atomic E-state index is -0.726. The van der Waals surface area contributed by atoms with Crippen LogP contribution < -0.4 is 5.32 Å². The van der Waals surface area contributed by atoms with E-state index in [-0.39, 0.29) is 24.3 Å². The number of carbonyl (C=O) groups is 3. The number of nitrogens with zero attached hydrogens (tertiary/aromatic N) is 2. The lowest BCUT2D eigenvalue weighted by molar-refractivity contribution is -0.121. The Labute approximate surface area is 196 Å². The molecule has 0 radical (unpaired) electrons. The van der Waals surface area contributed by atoms with Gasteiger partial charge in [-0.15, -0.1) is 11.8 Å². The van der Waals surface area contributed by atoms with Crippen LogP contribution in [0, 0.1) is 0 Å². The van der Waals surface area contributed by atoms with Gasteiger partial charge in [0.2, 0.25) is 5.91 Å². The molecular weight excluding hydrogens is 434 g/mol. The molecule has 1 saturated heterocycles. The van der Waals surface area contributed by atoms with E-state index < -0.39 is 6.04 Å². The molecule has 1 atom stereocenters. The first kappa shape index (κ1) is 21.3. The van der Waals surface area contributed by atoms with Gasteiger partial charge in [0.25, 0.3) is 11.8 Å². The van der Waals surface area contributed by atoms with Crippen LogP contribution >= 0.6 is 11.8 Å². The Morgan fingerprint density at radius 2 is 1.67 bits per heavy atom. The van der Waals surface area contributed by atoms with E-state index in [0.717, 1.165) is 11.1 Å². The van der Waals surface area contributed by atoms with E-state index >= 15 is 0 Å². The molecule has 1 N–H and O–H groups in total. The van der Waals surface area contributed by atoms with Gasteiger partial charge in [0.15, 0.2) is 0 Å². The largest absolute Gasteiger partial charge is 0.334 e. The lowest BCUT2D eigenvalue weighted by atomic mass is 10.0. The van der Waals surface area contributed by atoms with Crippen molar-refractivity contribution in [2.75, 3.05) is 31.2 Å². The van der Waals surface area contributed by atoms with Crippen LogP contribution in [-0.2, 0) is 4.79 Å². The van der Waals surface area contributed by atoms with Crippen molar-refractivity contribution >= 4 is 35.2 Å². The maximum absolute atomic E-state index is 13.5. The highest BCUT2D eigenvalue weighted by atomic mass is 32.2. The molecule has 0 saturated carbocycles. The van der Waals surface area contributed by atoms with Crippen LogP contribution in [0.5, 0.6) is 0 Å². The van der Waals surface area contributed by atoms with E-state index in [0.29, 0.717) is 29.9 Å². The Balaban J connectivity index is 1.42. The summed E-state index contributed by atoms with van der Waals surface area (Å²) in [5.74, 6) is -0.597. The van der Waals surface area contributed by atoms with Crippen molar-refractivity contribution in [2.45, 2.75) is 10.9 Å². The Morgan fingerprint density at radius 1 is 0.939 bits per heavy atom. The zero-order valence-corrected chi connectivity index (χ0v) is 19.0. The molecule has 2 aliphatic rings. The number of fused-ring (bicyclic) bond motifs is 2. The molecule has 5 rings (SSSR count). The number of benzene rings is 3. The second-order valence-electron chi connectivity index (χ2n) is 8.11. The second kappa shape index (κ2) is 8.75. The first-order valence-electron chi connectivity index (χ1n) is 10.8. The van der Waals surface area contributed by atoms with Crippen LogP contribution in [-0.4, -0.2) is 59.5 Å². The molecule has 3 aromatic carbocycles. The molecule has 33 heavy (non-hydrogen) atoms. The summed E-state index contributed by atoms with van der Waals surface area (Å²) in [5.41, 5.74) is 3.48. The minimum absolute atomic E-state index is 0.131. The molecule has 1 fully saturated rings. The lowest BCUT2D eigenvalue weighted by Gasteiger charge is -2.39. The molecule has 0 aliphatic carbocycles. The molecule has 3 amide bonds. The molecule has 0 bridgehead atoms. The summed E-state index contributed by atoms with van der Waals surface area (Å²) in [6.07, 6.45) is 2.03. The van der Waals surface area contributed by atoms with Crippen molar-refractivity contribution in [3.63, 3.8) is 0 Å². The lowest BCUT2D eigenvalue weighted by Crippen LogP contribution is -2.59. The second-order valence-corrected chi connectivity index (χ2v) is 8.99. The Morgan fingerprint density at radius 3 is 2.39 bits per heavy atom. The van der Waals surface area contributed by atoms with Gasteiger partial charge >= 0.3 is 0 Å². The van der Waals surface area contributed by atoms with Gasteiger partial charge in [0.05, 0.1) is 17.8 Å². The van der Waals surface area contributed by atoms with Gasteiger partial charge in [-0.05, 0) is 53.8 Å². The molecule has 1 unspecified atom stereocenters. The van der Waals surface area contributed by atoms with E-state index in [1.165, 1.54) is 4.90 Å². The number of hydrogen-bond donors (Lipinski definition) is 1. The van der Waals surface area contributed by atoms with Crippen LogP contribution in [0.4, 0.5) is 5.69 Å². The average molecular weight is 458 g/mol. The third-order valence-corrected chi connectivity index (χ3v) is 6.93. The number of nitrogens with one attached hydrogen (secondary N) is 1. The normalized spacial score (nSPS) is 17.7. The summed E-state index contributed by atoms with van der Waals surface area (Å²) in [6.45, 7) is 0.859. The van der Waals surface area contributed by atoms with Crippen molar-refractivity contribution in [2.24, 2.45) is 0 Å². The van der Waals surface area contributed by atoms with E-state index in [2.05, 4.69) is 5.32 Å². The highest BCUT2D eigenvalue weighted by Gasteiger charge is 2.40. The van der Waals surface area contributed by atoms with Crippen LogP contribution in [0.2, 0.25) is 0 Å². The molecule has 2 aliphatic heterocycles. The quantitative estimate of drug-likeness (QED) is 0.604. The average Bonchev–Trinajstić information content (AvgIpc) is 2.98. The molecule has 7 heteroatoms. The third kappa shape index (κ3) is 4.00. The van der Waals surface area contributed by atoms with Crippen molar-refractivity contribution in [3.8, 4) is 11.1 Å². The van der Waals surface area contributed by atoms with Crippen molar-refractivity contribution in [3.05, 3.63) is 83.9 Å². The fourth-order valence-corrected chi connectivity index (χ4v) is 4.77. The summed E-state index contributed by atoms with van der Waals surface area (Å²) in [7, 11) is 0. The van der Waals surface area contributed by atoms with Crippen LogP contribution in [0.3, 0.4) is 0 Å². The number of amides is 3. The monoisotopic (exact) mass is 457 g/mol.